The molecule has 154 valence electrons. The third-order valence-corrected chi connectivity index (χ3v) is 3.63. The van der Waals surface area contributed by atoms with Crippen LogP contribution < -0.4 is 20.3 Å². The molecular formula is C21H24N2O6. The molecule has 2 aromatic rings. The average Bonchev–Trinajstić information content (AvgIpc) is 2.74. The maximum absolute atomic E-state index is 11.8. The minimum Gasteiger partial charge on any atom is -0.484 e. The number of carbonyl (C=O) groups excluding carboxylic acids is 3. The second-order valence-corrected chi connectivity index (χ2v) is 6.15. The smallest absolute Gasteiger partial charge is 0.338 e. The lowest BCUT2D eigenvalue weighted by Crippen LogP contribution is -2.45. The van der Waals surface area contributed by atoms with E-state index in [1.165, 1.54) is 0 Å². The number of esters is 1. The molecule has 0 saturated heterocycles. The van der Waals surface area contributed by atoms with Gasteiger partial charge in [-0.2, -0.15) is 0 Å². The number of carbonyl (C=O) groups is 3. The number of hydrogen-bond acceptors (Lipinski definition) is 6. The Morgan fingerprint density at radius 3 is 1.76 bits per heavy atom. The fourth-order valence-electron chi connectivity index (χ4n) is 2.11. The van der Waals surface area contributed by atoms with Crippen LogP contribution in [0.4, 0.5) is 0 Å². The van der Waals surface area contributed by atoms with Crippen LogP contribution in [0, 0.1) is 6.92 Å². The summed E-state index contributed by atoms with van der Waals surface area (Å²) in [6.07, 6.45) is 0.747. The molecule has 0 aromatic heterocycles. The van der Waals surface area contributed by atoms with Crippen LogP contribution in [-0.4, -0.2) is 37.6 Å². The number of rotatable bonds is 9. The third kappa shape index (κ3) is 7.92. The van der Waals surface area contributed by atoms with E-state index in [1.54, 1.807) is 36.4 Å². The predicted molar refractivity (Wildman–Crippen MR) is 105 cm³/mol. The number of aryl methyl sites for hydroxylation is 1. The van der Waals surface area contributed by atoms with Crippen LogP contribution >= 0.6 is 0 Å². The quantitative estimate of drug-likeness (QED) is 0.494. The van der Waals surface area contributed by atoms with Gasteiger partial charge in [0.1, 0.15) is 11.5 Å². The lowest BCUT2D eigenvalue weighted by molar-refractivity contribution is -0.131. The van der Waals surface area contributed by atoms with Crippen molar-refractivity contribution in [2.45, 2.75) is 20.3 Å². The Labute approximate surface area is 169 Å². The highest BCUT2D eigenvalue weighted by Crippen LogP contribution is 2.13. The molecule has 2 N–H and O–H groups in total. The Morgan fingerprint density at radius 1 is 0.793 bits per heavy atom. The minimum absolute atomic E-state index is 0.236. The summed E-state index contributed by atoms with van der Waals surface area (Å²) >= 11 is 0. The molecule has 29 heavy (non-hydrogen) atoms. The van der Waals surface area contributed by atoms with Gasteiger partial charge in [0.2, 0.25) is 0 Å². The Morgan fingerprint density at radius 2 is 1.28 bits per heavy atom. The van der Waals surface area contributed by atoms with Crippen LogP contribution in [0.15, 0.2) is 48.5 Å². The standard InChI is InChI=1S/C21H24N2O6/c1-3-12-27-21(26)16-6-10-18(11-7-16)29-14-20(25)23-22-19(24)13-28-17-8-4-15(2)5-9-17/h4-11H,3,12-14H2,1-2H3,(H,22,24)(H,23,25). The molecule has 0 radical (unpaired) electrons. The highest BCUT2D eigenvalue weighted by molar-refractivity contribution is 5.89. The number of nitrogens with one attached hydrogen (secondary N) is 2. The maximum atomic E-state index is 11.8. The van der Waals surface area contributed by atoms with Gasteiger partial charge in [-0.3, -0.25) is 20.4 Å². The molecule has 0 bridgehead atoms. The van der Waals surface area contributed by atoms with Crippen LogP contribution in [-0.2, 0) is 14.3 Å². The summed E-state index contributed by atoms with van der Waals surface area (Å²) in [7, 11) is 0. The van der Waals surface area contributed by atoms with Crippen molar-refractivity contribution in [3.63, 3.8) is 0 Å². The summed E-state index contributed by atoms with van der Waals surface area (Å²) in [5.74, 6) is -0.496. The molecule has 2 amide bonds. The van der Waals surface area contributed by atoms with E-state index in [0.29, 0.717) is 23.7 Å². The molecule has 0 aliphatic carbocycles. The number of hydrogen-bond donors (Lipinski definition) is 2. The topological polar surface area (TPSA) is 103 Å². The molecule has 0 atom stereocenters. The van der Waals surface area contributed by atoms with Crippen molar-refractivity contribution in [3.05, 3.63) is 59.7 Å². The number of benzene rings is 2. The number of amides is 2. The van der Waals surface area contributed by atoms with Crippen LogP contribution in [0.3, 0.4) is 0 Å². The lowest BCUT2D eigenvalue weighted by atomic mass is 10.2. The number of ether oxygens (including phenoxy) is 3. The van der Waals surface area contributed by atoms with Gasteiger partial charge in [0.15, 0.2) is 13.2 Å². The Kier molecular flexibility index (Phi) is 8.50. The van der Waals surface area contributed by atoms with Gasteiger partial charge in [-0.25, -0.2) is 4.79 Å². The van der Waals surface area contributed by atoms with Crippen molar-refractivity contribution < 1.29 is 28.6 Å². The highest BCUT2D eigenvalue weighted by Gasteiger charge is 2.09. The van der Waals surface area contributed by atoms with E-state index in [1.807, 2.05) is 26.0 Å². The fourth-order valence-corrected chi connectivity index (χ4v) is 2.11. The summed E-state index contributed by atoms with van der Waals surface area (Å²) < 4.78 is 15.6. The van der Waals surface area contributed by atoms with Gasteiger partial charge in [0.05, 0.1) is 12.2 Å². The highest BCUT2D eigenvalue weighted by atomic mass is 16.5. The van der Waals surface area contributed by atoms with Gasteiger partial charge in [-0.05, 0) is 49.7 Å². The van der Waals surface area contributed by atoms with Gasteiger partial charge in [-0.1, -0.05) is 24.6 Å². The Hall–Kier alpha value is -3.55. The summed E-state index contributed by atoms with van der Waals surface area (Å²) in [6, 6.07) is 13.5. The molecule has 0 spiro atoms. The molecule has 0 aliphatic rings. The van der Waals surface area contributed by atoms with Crippen LogP contribution in [0.25, 0.3) is 0 Å². The molecule has 0 fully saturated rings. The van der Waals surface area contributed by atoms with E-state index < -0.39 is 17.8 Å². The van der Waals surface area contributed by atoms with Crippen molar-refractivity contribution in [2.75, 3.05) is 19.8 Å². The molecule has 2 aromatic carbocycles. The molecular weight excluding hydrogens is 376 g/mol. The minimum atomic E-state index is -0.542. The number of hydrazine groups is 1. The summed E-state index contributed by atoms with van der Waals surface area (Å²) in [5.41, 5.74) is 5.96. The summed E-state index contributed by atoms with van der Waals surface area (Å²) in [6.45, 7) is 3.68. The van der Waals surface area contributed by atoms with Gasteiger partial charge >= 0.3 is 5.97 Å². The van der Waals surface area contributed by atoms with Crippen molar-refractivity contribution >= 4 is 17.8 Å². The summed E-state index contributed by atoms with van der Waals surface area (Å²) in [4.78, 5) is 35.2. The van der Waals surface area contributed by atoms with Gasteiger partial charge in [0, 0.05) is 0 Å². The maximum Gasteiger partial charge on any atom is 0.338 e. The van der Waals surface area contributed by atoms with E-state index in [-0.39, 0.29) is 13.2 Å². The van der Waals surface area contributed by atoms with Crippen molar-refractivity contribution in [1.82, 2.24) is 10.9 Å². The van der Waals surface area contributed by atoms with E-state index >= 15 is 0 Å². The molecule has 8 nitrogen and oxygen atoms in total. The van der Waals surface area contributed by atoms with E-state index in [4.69, 9.17) is 14.2 Å². The van der Waals surface area contributed by atoms with Gasteiger partial charge in [-0.15, -0.1) is 0 Å². The van der Waals surface area contributed by atoms with E-state index in [2.05, 4.69) is 10.9 Å². The van der Waals surface area contributed by atoms with Crippen molar-refractivity contribution in [1.29, 1.82) is 0 Å². The van der Waals surface area contributed by atoms with Gasteiger partial charge < -0.3 is 14.2 Å². The Balaban J connectivity index is 1.66. The average molecular weight is 400 g/mol. The first-order valence-electron chi connectivity index (χ1n) is 9.15. The zero-order valence-corrected chi connectivity index (χ0v) is 16.4. The first-order chi connectivity index (χ1) is 14.0. The van der Waals surface area contributed by atoms with Crippen molar-refractivity contribution in [3.8, 4) is 11.5 Å². The molecule has 0 saturated carbocycles. The monoisotopic (exact) mass is 400 g/mol. The SMILES string of the molecule is CCCOC(=O)c1ccc(OCC(=O)NNC(=O)COc2ccc(C)cc2)cc1. The fraction of sp³-hybridized carbons (Fsp3) is 0.286. The van der Waals surface area contributed by atoms with E-state index in [0.717, 1.165) is 12.0 Å². The molecule has 0 unspecified atom stereocenters. The second kappa shape index (κ2) is 11.3. The summed E-state index contributed by atoms with van der Waals surface area (Å²) in [5, 5.41) is 0. The molecule has 0 heterocycles. The van der Waals surface area contributed by atoms with E-state index in [9.17, 15) is 14.4 Å². The zero-order chi connectivity index (χ0) is 21.1. The first-order valence-corrected chi connectivity index (χ1v) is 9.15. The van der Waals surface area contributed by atoms with Crippen LogP contribution in [0.1, 0.15) is 29.3 Å². The van der Waals surface area contributed by atoms with Gasteiger partial charge in [0.25, 0.3) is 11.8 Å². The van der Waals surface area contributed by atoms with Crippen LogP contribution in [0.2, 0.25) is 0 Å². The van der Waals surface area contributed by atoms with Crippen LogP contribution in [0.5, 0.6) is 11.5 Å². The largest absolute Gasteiger partial charge is 0.484 e. The predicted octanol–water partition coefficient (Wildman–Crippen LogP) is 2.17. The zero-order valence-electron chi connectivity index (χ0n) is 16.4. The Bertz CT molecular complexity index is 818. The molecule has 0 aliphatic heterocycles. The first kappa shape index (κ1) is 21.7. The lowest BCUT2D eigenvalue weighted by Gasteiger charge is -2.10. The molecule has 8 heteroatoms. The normalized spacial score (nSPS) is 10.0. The van der Waals surface area contributed by atoms with Crippen molar-refractivity contribution in [2.24, 2.45) is 0 Å². The third-order valence-electron chi connectivity index (χ3n) is 3.63. The molecule has 2 rings (SSSR count). The second-order valence-electron chi connectivity index (χ2n) is 6.15.